The van der Waals surface area contributed by atoms with Crippen LogP contribution < -0.4 is 5.32 Å². The van der Waals surface area contributed by atoms with Crippen molar-refractivity contribution >= 4 is 11.9 Å². The first-order chi connectivity index (χ1) is 9.66. The molecule has 99 valence electrons. The summed E-state index contributed by atoms with van der Waals surface area (Å²) in [6.07, 6.45) is 0. The Morgan fingerprint density at radius 2 is 1.30 bits per heavy atom. The molecule has 0 saturated carbocycles. The summed E-state index contributed by atoms with van der Waals surface area (Å²) in [4.78, 5) is 25.4. The Balaban J connectivity index is 2.25. The zero-order chi connectivity index (χ0) is 14.2. The quantitative estimate of drug-likeness (QED) is 0.847. The average Bonchev–Trinajstić information content (AvgIpc) is 2.74. The summed E-state index contributed by atoms with van der Waals surface area (Å²) in [6, 6.07) is 17.9. The van der Waals surface area contributed by atoms with Gasteiger partial charge < -0.3 is 5.32 Å². The molecule has 2 aromatic carbocycles. The number of nitrogens with zero attached hydrogens (tertiary/aromatic N) is 1. The molecular formula is C16H13N2O2. The zero-order valence-corrected chi connectivity index (χ0v) is 10.7. The minimum Gasteiger partial charge on any atom is -0.315 e. The van der Waals surface area contributed by atoms with Crippen LogP contribution in [0.5, 0.6) is 0 Å². The molecule has 0 bridgehead atoms. The fourth-order valence-corrected chi connectivity index (χ4v) is 2.51. The molecule has 1 fully saturated rings. The van der Waals surface area contributed by atoms with Crippen LogP contribution in [0, 0.1) is 7.05 Å². The first-order valence-electron chi connectivity index (χ1n) is 6.24. The minimum atomic E-state index is -1.19. The highest BCUT2D eigenvalue weighted by atomic mass is 16.2. The normalized spacial score (nSPS) is 17.1. The van der Waals surface area contributed by atoms with Crippen molar-refractivity contribution in [3.05, 3.63) is 78.8 Å². The SMILES string of the molecule is [CH2]N1C(=O)NC(c2ccccc2)(c2ccccc2)C1=O. The van der Waals surface area contributed by atoms with E-state index >= 15 is 0 Å². The van der Waals surface area contributed by atoms with E-state index in [0.717, 1.165) is 16.0 Å². The lowest BCUT2D eigenvalue weighted by Crippen LogP contribution is -2.44. The molecule has 4 heteroatoms. The Labute approximate surface area is 117 Å². The van der Waals surface area contributed by atoms with Gasteiger partial charge in [0, 0.05) is 7.05 Å². The van der Waals surface area contributed by atoms with Gasteiger partial charge in [-0.25, -0.2) is 4.79 Å². The molecule has 1 aliphatic rings. The predicted molar refractivity (Wildman–Crippen MR) is 74.4 cm³/mol. The second-order valence-electron chi connectivity index (χ2n) is 4.65. The van der Waals surface area contributed by atoms with E-state index in [2.05, 4.69) is 12.4 Å². The summed E-state index contributed by atoms with van der Waals surface area (Å²) >= 11 is 0. The third kappa shape index (κ3) is 1.61. The Bertz CT molecular complexity index is 613. The number of hydrogen-bond donors (Lipinski definition) is 1. The van der Waals surface area contributed by atoms with E-state index in [0.29, 0.717) is 0 Å². The lowest BCUT2D eigenvalue weighted by Gasteiger charge is -2.27. The van der Waals surface area contributed by atoms with Crippen LogP contribution in [0.1, 0.15) is 11.1 Å². The molecule has 1 radical (unpaired) electrons. The van der Waals surface area contributed by atoms with Gasteiger partial charge in [-0.1, -0.05) is 60.7 Å². The van der Waals surface area contributed by atoms with Gasteiger partial charge in [-0.05, 0) is 11.1 Å². The second kappa shape index (κ2) is 4.49. The van der Waals surface area contributed by atoms with Crippen molar-refractivity contribution in [2.75, 3.05) is 0 Å². The van der Waals surface area contributed by atoms with Crippen molar-refractivity contribution in [3.8, 4) is 0 Å². The standard InChI is InChI=1S/C16H13N2O2/c1-18-14(19)16(17-15(18)20,12-8-4-2-5-9-12)13-10-6-3-7-11-13/h2-11H,1H2,(H,17,20). The molecule has 0 aliphatic carbocycles. The van der Waals surface area contributed by atoms with Crippen LogP contribution in [0.3, 0.4) is 0 Å². The molecule has 1 saturated heterocycles. The van der Waals surface area contributed by atoms with Crippen LogP contribution in [-0.4, -0.2) is 16.8 Å². The maximum Gasteiger partial charge on any atom is 0.325 e. The van der Waals surface area contributed by atoms with Crippen LogP contribution in [-0.2, 0) is 10.3 Å². The molecule has 0 unspecified atom stereocenters. The highest BCUT2D eigenvalue weighted by Crippen LogP contribution is 2.35. The van der Waals surface area contributed by atoms with Crippen LogP contribution in [0.15, 0.2) is 60.7 Å². The molecule has 0 spiro atoms. The first-order valence-corrected chi connectivity index (χ1v) is 6.24. The molecule has 3 rings (SSSR count). The summed E-state index contributed by atoms with van der Waals surface area (Å²) in [7, 11) is 3.52. The molecular weight excluding hydrogens is 252 g/mol. The number of carbonyl (C=O) groups excluding carboxylic acids is 2. The number of imide groups is 1. The van der Waals surface area contributed by atoms with Gasteiger partial charge in [0.25, 0.3) is 5.91 Å². The molecule has 1 N–H and O–H groups in total. The lowest BCUT2D eigenvalue weighted by atomic mass is 9.83. The maximum absolute atomic E-state index is 12.6. The van der Waals surface area contributed by atoms with Crippen LogP contribution in [0.25, 0.3) is 0 Å². The number of carbonyl (C=O) groups is 2. The Kier molecular flexibility index (Phi) is 2.79. The van der Waals surface area contributed by atoms with Gasteiger partial charge in [0.2, 0.25) is 0 Å². The summed E-state index contributed by atoms with van der Waals surface area (Å²) in [5.74, 6) is -0.375. The Morgan fingerprint density at radius 1 is 0.850 bits per heavy atom. The van der Waals surface area contributed by atoms with E-state index in [1.807, 2.05) is 60.7 Å². The van der Waals surface area contributed by atoms with Gasteiger partial charge in [0.05, 0.1) is 0 Å². The van der Waals surface area contributed by atoms with Crippen molar-refractivity contribution in [3.63, 3.8) is 0 Å². The summed E-state index contributed by atoms with van der Waals surface area (Å²) < 4.78 is 0. The molecule has 1 heterocycles. The topological polar surface area (TPSA) is 49.4 Å². The van der Waals surface area contributed by atoms with Gasteiger partial charge in [0.1, 0.15) is 0 Å². The Hall–Kier alpha value is -2.62. The molecule has 4 nitrogen and oxygen atoms in total. The van der Waals surface area contributed by atoms with Crippen molar-refractivity contribution in [1.29, 1.82) is 0 Å². The first kappa shape index (κ1) is 12.4. The van der Waals surface area contributed by atoms with Gasteiger partial charge in [-0.2, -0.15) is 0 Å². The third-order valence-corrected chi connectivity index (χ3v) is 3.52. The Morgan fingerprint density at radius 3 is 1.65 bits per heavy atom. The van der Waals surface area contributed by atoms with E-state index < -0.39 is 11.6 Å². The molecule has 0 aromatic heterocycles. The molecule has 3 amide bonds. The molecule has 20 heavy (non-hydrogen) atoms. The van der Waals surface area contributed by atoms with E-state index in [9.17, 15) is 9.59 Å². The zero-order valence-electron chi connectivity index (χ0n) is 10.7. The van der Waals surface area contributed by atoms with E-state index in [1.165, 1.54) is 0 Å². The smallest absolute Gasteiger partial charge is 0.315 e. The van der Waals surface area contributed by atoms with Gasteiger partial charge in [0.15, 0.2) is 5.54 Å². The molecule has 1 aliphatic heterocycles. The highest BCUT2D eigenvalue weighted by Gasteiger charge is 2.52. The number of urea groups is 1. The van der Waals surface area contributed by atoms with E-state index in [4.69, 9.17) is 0 Å². The van der Waals surface area contributed by atoms with Crippen LogP contribution >= 0.6 is 0 Å². The van der Waals surface area contributed by atoms with Crippen molar-refractivity contribution in [2.24, 2.45) is 0 Å². The van der Waals surface area contributed by atoms with Crippen LogP contribution in [0.2, 0.25) is 0 Å². The number of hydrogen-bond acceptors (Lipinski definition) is 2. The predicted octanol–water partition coefficient (Wildman–Crippen LogP) is 2.27. The molecule has 2 aromatic rings. The fourth-order valence-electron chi connectivity index (χ4n) is 2.51. The fraction of sp³-hybridized carbons (Fsp3) is 0.0625. The van der Waals surface area contributed by atoms with Gasteiger partial charge in [-0.3, -0.25) is 9.69 Å². The largest absolute Gasteiger partial charge is 0.325 e. The number of rotatable bonds is 2. The highest BCUT2D eigenvalue weighted by molar-refractivity contribution is 6.09. The van der Waals surface area contributed by atoms with Crippen LogP contribution in [0.4, 0.5) is 4.79 Å². The maximum atomic E-state index is 12.6. The summed E-state index contributed by atoms with van der Waals surface area (Å²) in [5.41, 5.74) is 0.243. The van der Waals surface area contributed by atoms with Crippen molar-refractivity contribution in [1.82, 2.24) is 10.2 Å². The average molecular weight is 265 g/mol. The third-order valence-electron chi connectivity index (χ3n) is 3.52. The minimum absolute atomic E-state index is 0.375. The van der Waals surface area contributed by atoms with E-state index in [-0.39, 0.29) is 5.91 Å². The van der Waals surface area contributed by atoms with E-state index in [1.54, 1.807) is 0 Å². The molecule has 0 atom stereocenters. The second-order valence-corrected chi connectivity index (χ2v) is 4.65. The van der Waals surface area contributed by atoms with Crippen molar-refractivity contribution in [2.45, 2.75) is 5.54 Å². The number of nitrogens with one attached hydrogen (secondary N) is 1. The van der Waals surface area contributed by atoms with Gasteiger partial charge >= 0.3 is 6.03 Å². The van der Waals surface area contributed by atoms with Gasteiger partial charge in [-0.15, -0.1) is 0 Å². The summed E-state index contributed by atoms with van der Waals surface area (Å²) in [5, 5.41) is 2.77. The lowest BCUT2D eigenvalue weighted by molar-refractivity contribution is -0.128. The monoisotopic (exact) mass is 265 g/mol. The number of benzene rings is 2. The number of amides is 3. The summed E-state index contributed by atoms with van der Waals surface area (Å²) in [6.45, 7) is 0. The van der Waals surface area contributed by atoms with Crippen molar-refractivity contribution < 1.29 is 9.59 Å².